The molecule has 0 saturated heterocycles. The lowest BCUT2D eigenvalue weighted by Gasteiger charge is -2.19. The van der Waals surface area contributed by atoms with Crippen LogP contribution in [-0.4, -0.2) is 11.8 Å². The van der Waals surface area contributed by atoms with Crippen molar-refractivity contribution in [1.29, 1.82) is 0 Å². The van der Waals surface area contributed by atoms with Crippen LogP contribution in [-0.2, 0) is 16.1 Å². The first kappa shape index (κ1) is 12.4. The highest BCUT2D eigenvalue weighted by Crippen LogP contribution is 2.33. The zero-order chi connectivity index (χ0) is 14.1. The van der Waals surface area contributed by atoms with Crippen molar-refractivity contribution in [3.05, 3.63) is 64.7 Å². The van der Waals surface area contributed by atoms with Gasteiger partial charge in [-0.1, -0.05) is 36.4 Å². The molecule has 0 N–H and O–H groups in total. The van der Waals surface area contributed by atoms with Crippen molar-refractivity contribution in [2.75, 3.05) is 0 Å². The standard InChI is InChI=1S/C16H12O4/c1-10(17)19-20-14-8-4-6-12-9-11-5-2-3-7-13(11)16(18)15(12)14/h2-8H,9H2,1H3. The van der Waals surface area contributed by atoms with E-state index in [4.69, 9.17) is 4.89 Å². The fraction of sp³-hybridized carbons (Fsp3) is 0.125. The molecular formula is C16H12O4. The fourth-order valence-electron chi connectivity index (χ4n) is 2.39. The second kappa shape index (κ2) is 4.81. The first-order valence-electron chi connectivity index (χ1n) is 6.26. The number of ketones is 1. The summed E-state index contributed by atoms with van der Waals surface area (Å²) in [6.07, 6.45) is 0.661. The molecule has 0 heterocycles. The summed E-state index contributed by atoms with van der Waals surface area (Å²) >= 11 is 0. The number of hydrogen-bond donors (Lipinski definition) is 0. The minimum absolute atomic E-state index is 0.107. The Morgan fingerprint density at radius 1 is 1.05 bits per heavy atom. The van der Waals surface area contributed by atoms with Crippen LogP contribution in [0.25, 0.3) is 0 Å². The van der Waals surface area contributed by atoms with Gasteiger partial charge in [0.2, 0.25) is 0 Å². The molecule has 0 amide bonds. The number of rotatable bonds is 2. The van der Waals surface area contributed by atoms with Gasteiger partial charge in [-0.05, 0) is 23.6 Å². The zero-order valence-electron chi connectivity index (χ0n) is 10.9. The molecule has 4 nitrogen and oxygen atoms in total. The van der Waals surface area contributed by atoms with E-state index in [0.717, 1.165) is 11.1 Å². The molecule has 4 heteroatoms. The monoisotopic (exact) mass is 268 g/mol. The molecule has 20 heavy (non-hydrogen) atoms. The lowest BCUT2D eigenvalue weighted by atomic mass is 9.85. The Kier molecular flexibility index (Phi) is 2.99. The SMILES string of the molecule is CC(=O)OOc1cccc2c1C(=O)c1ccccc1C2. The van der Waals surface area contributed by atoms with Gasteiger partial charge in [-0.25, -0.2) is 4.79 Å². The van der Waals surface area contributed by atoms with E-state index >= 15 is 0 Å². The van der Waals surface area contributed by atoms with Crippen LogP contribution >= 0.6 is 0 Å². The highest BCUT2D eigenvalue weighted by Gasteiger charge is 2.26. The van der Waals surface area contributed by atoms with Crippen LogP contribution in [0, 0.1) is 0 Å². The summed E-state index contributed by atoms with van der Waals surface area (Å²) in [6.45, 7) is 1.24. The van der Waals surface area contributed by atoms with Gasteiger partial charge in [0.25, 0.3) is 0 Å². The van der Waals surface area contributed by atoms with Crippen molar-refractivity contribution < 1.29 is 19.4 Å². The Hall–Kier alpha value is -2.62. The Balaban J connectivity index is 2.05. The molecule has 1 aliphatic carbocycles. The average molecular weight is 268 g/mol. The predicted octanol–water partition coefficient (Wildman–Crippen LogP) is 2.68. The highest BCUT2D eigenvalue weighted by molar-refractivity contribution is 6.14. The van der Waals surface area contributed by atoms with Crippen molar-refractivity contribution in [1.82, 2.24) is 0 Å². The fourth-order valence-corrected chi connectivity index (χ4v) is 2.39. The maximum Gasteiger partial charge on any atom is 0.352 e. The maximum atomic E-state index is 12.6. The van der Waals surface area contributed by atoms with Crippen LogP contribution in [0.5, 0.6) is 5.75 Å². The molecule has 0 aromatic heterocycles. The molecular weight excluding hydrogens is 256 g/mol. The number of carbonyl (C=O) groups is 2. The third kappa shape index (κ3) is 2.05. The van der Waals surface area contributed by atoms with E-state index in [1.54, 1.807) is 18.2 Å². The predicted molar refractivity (Wildman–Crippen MR) is 71.5 cm³/mol. The molecule has 0 radical (unpaired) electrons. The van der Waals surface area contributed by atoms with Crippen molar-refractivity contribution in [2.24, 2.45) is 0 Å². The highest BCUT2D eigenvalue weighted by atomic mass is 17.2. The topological polar surface area (TPSA) is 52.6 Å². The third-order valence-electron chi connectivity index (χ3n) is 3.23. The van der Waals surface area contributed by atoms with Gasteiger partial charge in [-0.15, -0.1) is 0 Å². The van der Waals surface area contributed by atoms with Crippen LogP contribution in [0.15, 0.2) is 42.5 Å². The Labute approximate surface area is 115 Å². The van der Waals surface area contributed by atoms with Gasteiger partial charge in [0, 0.05) is 12.5 Å². The molecule has 0 unspecified atom stereocenters. The summed E-state index contributed by atoms with van der Waals surface area (Å²) in [4.78, 5) is 32.9. The van der Waals surface area contributed by atoms with Gasteiger partial charge in [0.05, 0.1) is 5.56 Å². The molecule has 0 saturated carbocycles. The van der Waals surface area contributed by atoms with Crippen LogP contribution in [0.4, 0.5) is 0 Å². The van der Waals surface area contributed by atoms with Gasteiger partial charge in [-0.3, -0.25) is 14.6 Å². The lowest BCUT2D eigenvalue weighted by molar-refractivity contribution is -0.211. The average Bonchev–Trinajstić information content (AvgIpc) is 2.45. The van der Waals surface area contributed by atoms with Gasteiger partial charge >= 0.3 is 5.97 Å². The van der Waals surface area contributed by atoms with Gasteiger partial charge in [0.15, 0.2) is 11.5 Å². The van der Waals surface area contributed by atoms with Gasteiger partial charge < -0.3 is 0 Å². The second-order valence-corrected chi connectivity index (χ2v) is 4.61. The molecule has 2 aromatic rings. The number of fused-ring (bicyclic) bond motifs is 2. The van der Waals surface area contributed by atoms with Crippen LogP contribution in [0.2, 0.25) is 0 Å². The summed E-state index contributed by atoms with van der Waals surface area (Å²) in [7, 11) is 0. The Morgan fingerprint density at radius 2 is 1.80 bits per heavy atom. The third-order valence-corrected chi connectivity index (χ3v) is 3.23. The summed E-state index contributed by atoms with van der Waals surface area (Å²) in [5, 5.41) is 0. The largest absolute Gasteiger partial charge is 0.352 e. The number of hydrogen-bond acceptors (Lipinski definition) is 4. The smallest absolute Gasteiger partial charge is 0.288 e. The first-order valence-corrected chi connectivity index (χ1v) is 6.26. The summed E-state index contributed by atoms with van der Waals surface area (Å²) < 4.78 is 0. The molecule has 0 atom stereocenters. The van der Waals surface area contributed by atoms with E-state index in [-0.39, 0.29) is 11.5 Å². The van der Waals surface area contributed by atoms with Crippen molar-refractivity contribution in [3.8, 4) is 5.75 Å². The van der Waals surface area contributed by atoms with E-state index in [1.807, 2.05) is 24.3 Å². The van der Waals surface area contributed by atoms with E-state index in [9.17, 15) is 9.59 Å². The summed E-state index contributed by atoms with van der Waals surface area (Å²) in [6, 6.07) is 12.8. The van der Waals surface area contributed by atoms with E-state index < -0.39 is 5.97 Å². The van der Waals surface area contributed by atoms with Gasteiger partial charge in [-0.2, -0.15) is 0 Å². The molecule has 3 rings (SSSR count). The molecule has 1 aliphatic rings. The quantitative estimate of drug-likeness (QED) is 0.529. The first-order chi connectivity index (χ1) is 9.66. The second-order valence-electron chi connectivity index (χ2n) is 4.61. The van der Waals surface area contributed by atoms with Crippen LogP contribution < -0.4 is 4.89 Å². The molecule has 2 aromatic carbocycles. The van der Waals surface area contributed by atoms with E-state index in [1.165, 1.54) is 6.92 Å². The van der Waals surface area contributed by atoms with Crippen LogP contribution in [0.3, 0.4) is 0 Å². The summed E-state index contributed by atoms with van der Waals surface area (Å²) in [5.74, 6) is -0.395. The number of benzene rings is 2. The molecule has 0 spiro atoms. The maximum absolute atomic E-state index is 12.6. The number of carbonyl (C=O) groups excluding carboxylic acids is 2. The lowest BCUT2D eigenvalue weighted by Crippen LogP contribution is -2.17. The molecule has 0 aliphatic heterocycles. The minimum atomic E-state index is -0.564. The molecule has 0 fully saturated rings. The van der Waals surface area contributed by atoms with Gasteiger partial charge in [0.1, 0.15) is 0 Å². The van der Waals surface area contributed by atoms with E-state index in [0.29, 0.717) is 17.5 Å². The van der Waals surface area contributed by atoms with Crippen molar-refractivity contribution in [3.63, 3.8) is 0 Å². The van der Waals surface area contributed by atoms with Crippen molar-refractivity contribution >= 4 is 11.8 Å². The van der Waals surface area contributed by atoms with E-state index in [2.05, 4.69) is 4.89 Å². The summed E-state index contributed by atoms with van der Waals surface area (Å²) in [5.41, 5.74) is 3.00. The minimum Gasteiger partial charge on any atom is -0.288 e. The zero-order valence-corrected chi connectivity index (χ0v) is 10.9. The Morgan fingerprint density at radius 3 is 2.60 bits per heavy atom. The Bertz CT molecular complexity index is 703. The van der Waals surface area contributed by atoms with Crippen molar-refractivity contribution in [2.45, 2.75) is 13.3 Å². The molecule has 100 valence electrons. The van der Waals surface area contributed by atoms with Crippen LogP contribution in [0.1, 0.15) is 34.0 Å². The normalized spacial score (nSPS) is 12.3. The molecule has 0 bridgehead atoms.